The number of anilines is 2. The molecule has 3 fully saturated rings. The molecule has 5 aliphatic heterocycles. The van der Waals surface area contributed by atoms with E-state index in [0.29, 0.717) is 93.0 Å². The summed E-state index contributed by atoms with van der Waals surface area (Å²) < 4.78 is 42.7. The van der Waals surface area contributed by atoms with Crippen LogP contribution in [0.3, 0.4) is 0 Å². The van der Waals surface area contributed by atoms with Gasteiger partial charge in [0.2, 0.25) is 0 Å². The van der Waals surface area contributed by atoms with Crippen LogP contribution in [0, 0.1) is 22.7 Å². The largest absolute Gasteiger partial charge is 0.493 e. The molecule has 0 spiro atoms. The summed E-state index contributed by atoms with van der Waals surface area (Å²) >= 11 is 9.26. The number of fused-ring (bicyclic) bond motifs is 2. The second-order valence-corrected chi connectivity index (χ2v) is 21.6. The van der Waals surface area contributed by atoms with Crippen molar-refractivity contribution in [3.8, 4) is 17.9 Å². The van der Waals surface area contributed by atoms with Gasteiger partial charge >= 0.3 is 0 Å². The summed E-state index contributed by atoms with van der Waals surface area (Å²) in [4.78, 5) is 20.0. The number of benzene rings is 1. The fourth-order valence-electron chi connectivity index (χ4n) is 9.80. The minimum Gasteiger partial charge on any atom is -0.493 e. The molecule has 368 valence electrons. The number of ether oxygens (including phenoxy) is 7. The smallest absolute Gasteiger partial charge is 0.158 e. The SMILES string of the molecule is COCCN1CCN(c2nc(SCCC3OCCC(CC4(C)Cc5c(C#N)c(SCCOc6ccc(Cl)cc6)nc(N6CCN(CCOC)CC6)c5CO4)O3)c(C#N)c3c2COC(C)(C)C3)CC1. The van der Waals surface area contributed by atoms with Crippen molar-refractivity contribution >= 4 is 46.8 Å². The van der Waals surface area contributed by atoms with Crippen molar-refractivity contribution in [3.05, 3.63) is 62.7 Å². The normalized spacial score (nSPS) is 23.1. The number of halogens is 1. The van der Waals surface area contributed by atoms with Crippen molar-refractivity contribution in [3.63, 3.8) is 0 Å². The van der Waals surface area contributed by atoms with Gasteiger partial charge in [-0.3, -0.25) is 9.80 Å². The van der Waals surface area contributed by atoms with Crippen LogP contribution < -0.4 is 14.5 Å². The molecule has 18 heteroatoms. The number of pyridine rings is 2. The van der Waals surface area contributed by atoms with Crippen LogP contribution in [-0.4, -0.2) is 161 Å². The zero-order chi connectivity index (χ0) is 47.7. The van der Waals surface area contributed by atoms with Crippen molar-refractivity contribution in [1.82, 2.24) is 19.8 Å². The van der Waals surface area contributed by atoms with Crippen LogP contribution in [0.5, 0.6) is 5.75 Å². The molecule has 0 amide bonds. The van der Waals surface area contributed by atoms with Gasteiger partial charge in [-0.2, -0.15) is 10.5 Å². The molecule has 1 aromatic carbocycles. The van der Waals surface area contributed by atoms with E-state index >= 15 is 0 Å². The predicted molar refractivity (Wildman–Crippen MR) is 265 cm³/mol. The van der Waals surface area contributed by atoms with Crippen molar-refractivity contribution < 1.29 is 33.2 Å². The number of nitriles is 2. The summed E-state index contributed by atoms with van der Waals surface area (Å²) in [7, 11) is 3.49. The van der Waals surface area contributed by atoms with Gasteiger partial charge in [0.05, 0.1) is 68.1 Å². The molecule has 3 aromatic rings. The van der Waals surface area contributed by atoms with E-state index < -0.39 is 11.9 Å². The summed E-state index contributed by atoms with van der Waals surface area (Å²) in [5.41, 5.74) is 4.45. The van der Waals surface area contributed by atoms with E-state index in [-0.39, 0.29) is 11.7 Å². The van der Waals surface area contributed by atoms with Gasteiger partial charge in [0.1, 0.15) is 39.6 Å². The minimum absolute atomic E-state index is 0.0934. The first kappa shape index (κ1) is 50.9. The molecular formula is C50H67ClN8O7S2. The van der Waals surface area contributed by atoms with Crippen molar-refractivity contribution in [1.29, 1.82) is 10.5 Å². The molecule has 3 atom stereocenters. The van der Waals surface area contributed by atoms with Gasteiger partial charge in [-0.05, 0) is 62.6 Å². The second kappa shape index (κ2) is 23.7. The maximum Gasteiger partial charge on any atom is 0.158 e. The molecule has 0 N–H and O–H groups in total. The zero-order valence-corrected chi connectivity index (χ0v) is 42.7. The van der Waals surface area contributed by atoms with Gasteiger partial charge in [-0.1, -0.05) is 11.6 Å². The summed E-state index contributed by atoms with van der Waals surface area (Å²) in [6.45, 7) is 18.4. The zero-order valence-electron chi connectivity index (χ0n) is 40.4. The van der Waals surface area contributed by atoms with Crippen LogP contribution in [0.25, 0.3) is 0 Å². The van der Waals surface area contributed by atoms with Crippen LogP contribution in [0.4, 0.5) is 11.6 Å². The Morgan fingerprint density at radius 3 is 1.87 bits per heavy atom. The Bertz CT molecular complexity index is 2270. The van der Waals surface area contributed by atoms with E-state index in [9.17, 15) is 10.5 Å². The van der Waals surface area contributed by atoms with Crippen molar-refractivity contribution in [2.75, 3.05) is 127 Å². The first-order valence-corrected chi connectivity index (χ1v) is 26.4. The third-order valence-corrected chi connectivity index (χ3v) is 15.8. The summed E-state index contributed by atoms with van der Waals surface area (Å²) in [5, 5.41) is 23.5. The van der Waals surface area contributed by atoms with Gasteiger partial charge in [0, 0.05) is 133 Å². The molecular weight excluding hydrogens is 924 g/mol. The highest BCUT2D eigenvalue weighted by Gasteiger charge is 2.40. The van der Waals surface area contributed by atoms with E-state index in [2.05, 4.69) is 52.5 Å². The van der Waals surface area contributed by atoms with E-state index in [4.69, 9.17) is 54.7 Å². The Hall–Kier alpha value is -3.43. The first-order chi connectivity index (χ1) is 33.0. The molecule has 2 aromatic heterocycles. The van der Waals surface area contributed by atoms with Gasteiger partial charge in [-0.25, -0.2) is 9.97 Å². The average Bonchev–Trinajstić information content (AvgIpc) is 3.34. The third-order valence-electron chi connectivity index (χ3n) is 13.6. The summed E-state index contributed by atoms with van der Waals surface area (Å²) in [6.07, 6.45) is 2.77. The topological polar surface area (TPSA) is 151 Å². The highest BCUT2D eigenvalue weighted by atomic mass is 35.5. The lowest BCUT2D eigenvalue weighted by Crippen LogP contribution is -2.48. The summed E-state index contributed by atoms with van der Waals surface area (Å²) in [6, 6.07) is 12.5. The Labute approximate surface area is 416 Å². The van der Waals surface area contributed by atoms with E-state index in [1.165, 1.54) is 0 Å². The van der Waals surface area contributed by atoms with Gasteiger partial charge in [0.15, 0.2) is 6.29 Å². The molecule has 15 nitrogen and oxygen atoms in total. The van der Waals surface area contributed by atoms with Crippen LogP contribution in [-0.2, 0) is 54.5 Å². The number of hydrogen-bond donors (Lipinski definition) is 0. The second-order valence-electron chi connectivity index (χ2n) is 19.0. The molecule has 0 saturated carbocycles. The van der Waals surface area contributed by atoms with Crippen LogP contribution >= 0.6 is 35.1 Å². The predicted octanol–water partition coefficient (Wildman–Crippen LogP) is 6.97. The number of methoxy groups -OCH3 is 2. The number of hydrogen-bond acceptors (Lipinski definition) is 17. The average molecular weight is 992 g/mol. The van der Waals surface area contributed by atoms with Crippen LogP contribution in [0.2, 0.25) is 5.02 Å². The Kier molecular flexibility index (Phi) is 17.7. The molecule has 3 saturated heterocycles. The molecule has 8 rings (SSSR count). The van der Waals surface area contributed by atoms with Crippen LogP contribution in [0.15, 0.2) is 34.3 Å². The minimum atomic E-state index is -0.574. The van der Waals surface area contributed by atoms with E-state index in [1.54, 1.807) is 37.7 Å². The van der Waals surface area contributed by atoms with Crippen LogP contribution in [0.1, 0.15) is 73.4 Å². The standard InChI is InChI=1S/C50H67ClN8O7S2/c1-49(2)29-38-40(31-52)47(54-45(42(38)33-64-49)58-16-12-56(13-17-58)20-23-60-4)67-26-11-44-63-22-10-37(66-44)28-50(3)30-39-41(32-53)48(68-27-25-62-36-8-6-35(51)7-9-36)55-46(43(39)34-65-50)59-18-14-57(15-19-59)21-24-61-5/h6-9,37,44H,10-30,33-34H2,1-5H3. The molecule has 0 bridgehead atoms. The molecule has 7 heterocycles. The lowest BCUT2D eigenvalue weighted by Gasteiger charge is -2.42. The van der Waals surface area contributed by atoms with Gasteiger partial charge < -0.3 is 43.0 Å². The monoisotopic (exact) mass is 990 g/mol. The number of thioether (sulfide) groups is 2. The molecule has 0 aliphatic carbocycles. The Balaban J connectivity index is 0.936. The van der Waals surface area contributed by atoms with E-state index in [1.807, 2.05) is 24.3 Å². The van der Waals surface area contributed by atoms with E-state index in [0.717, 1.165) is 122 Å². The van der Waals surface area contributed by atoms with Crippen molar-refractivity contribution in [2.45, 2.75) is 99.7 Å². The lowest BCUT2D eigenvalue weighted by molar-refractivity contribution is -0.226. The Morgan fingerprint density at radius 1 is 0.735 bits per heavy atom. The van der Waals surface area contributed by atoms with Gasteiger partial charge in [-0.15, -0.1) is 23.5 Å². The summed E-state index contributed by atoms with van der Waals surface area (Å²) in [5.74, 6) is 3.89. The lowest BCUT2D eigenvalue weighted by atomic mass is 9.84. The quantitative estimate of drug-likeness (QED) is 0.0898. The number of nitrogens with zero attached hydrogens (tertiary/aromatic N) is 8. The molecule has 68 heavy (non-hydrogen) atoms. The molecule has 0 radical (unpaired) electrons. The molecule has 5 aliphatic rings. The maximum absolute atomic E-state index is 10.8. The Morgan fingerprint density at radius 2 is 1.29 bits per heavy atom. The number of rotatable bonds is 19. The maximum atomic E-state index is 10.8. The fraction of sp³-hybridized carbons (Fsp3) is 0.640. The fourth-order valence-corrected chi connectivity index (χ4v) is 11.7. The van der Waals surface area contributed by atoms with Gasteiger partial charge in [0.25, 0.3) is 0 Å². The highest BCUT2D eigenvalue weighted by Crippen LogP contribution is 2.43. The molecule has 3 unspecified atom stereocenters. The third kappa shape index (κ3) is 12.7. The highest BCUT2D eigenvalue weighted by molar-refractivity contribution is 7.99. The number of piperazine rings is 2. The first-order valence-electron chi connectivity index (χ1n) is 24.0. The number of aromatic nitrogens is 2. The van der Waals surface area contributed by atoms with Crippen molar-refractivity contribution in [2.24, 2.45) is 0 Å².